The third kappa shape index (κ3) is 5.34. The van der Waals surface area contributed by atoms with Gasteiger partial charge in [-0.15, -0.1) is 0 Å². The summed E-state index contributed by atoms with van der Waals surface area (Å²) in [4.78, 5) is 0. The number of allylic oxidation sites excluding steroid dienone is 1. The van der Waals surface area contributed by atoms with Crippen LogP contribution in [0.5, 0.6) is 0 Å². The summed E-state index contributed by atoms with van der Waals surface area (Å²) < 4.78 is 44.5. The monoisotopic (exact) mass is 327 g/mol. The van der Waals surface area contributed by atoms with Gasteiger partial charge >= 0.3 is 6.18 Å². The minimum atomic E-state index is -4.45. The van der Waals surface area contributed by atoms with Crippen LogP contribution in [-0.2, 0) is 17.5 Å². The molecule has 2 nitrogen and oxygen atoms in total. The van der Waals surface area contributed by atoms with Gasteiger partial charge in [0.1, 0.15) is 5.76 Å². The molecule has 0 unspecified atom stereocenters. The van der Waals surface area contributed by atoms with Crippen LogP contribution in [0.25, 0.3) is 5.76 Å². The lowest BCUT2D eigenvalue weighted by atomic mass is 9.92. The van der Waals surface area contributed by atoms with Gasteiger partial charge in [0.15, 0.2) is 0 Å². The van der Waals surface area contributed by atoms with Gasteiger partial charge < -0.3 is 10.1 Å². The van der Waals surface area contributed by atoms with Crippen LogP contribution < -0.4 is 5.32 Å². The van der Waals surface area contributed by atoms with Gasteiger partial charge in [-0.25, -0.2) is 0 Å². The van der Waals surface area contributed by atoms with Crippen LogP contribution in [0.3, 0.4) is 0 Å². The molecule has 23 heavy (non-hydrogen) atoms. The predicted octanol–water partition coefficient (Wildman–Crippen LogP) is 5.36. The first-order valence-electron chi connectivity index (χ1n) is 7.42. The summed E-state index contributed by atoms with van der Waals surface area (Å²) in [7, 11) is 0. The second kappa shape index (κ2) is 7.11. The number of halogens is 3. The molecule has 0 aliphatic rings. The molecule has 0 aliphatic carbocycles. The Morgan fingerprint density at radius 1 is 1.17 bits per heavy atom. The molecule has 0 saturated heterocycles. The number of nitrogens with one attached hydrogen (secondary N) is 1. The lowest BCUT2D eigenvalue weighted by molar-refractivity contribution is -0.137. The van der Waals surface area contributed by atoms with Crippen molar-refractivity contribution in [3.05, 3.63) is 53.7 Å². The van der Waals surface area contributed by atoms with Crippen LogP contribution in [0.15, 0.2) is 37.1 Å². The van der Waals surface area contributed by atoms with Gasteiger partial charge in [-0.1, -0.05) is 40.0 Å². The van der Waals surface area contributed by atoms with Gasteiger partial charge in [-0.2, -0.15) is 13.2 Å². The summed E-state index contributed by atoms with van der Waals surface area (Å²) in [5, 5.41) is 3.15. The summed E-state index contributed by atoms with van der Waals surface area (Å²) >= 11 is 0. The van der Waals surface area contributed by atoms with E-state index >= 15 is 0 Å². The normalized spacial score (nSPS) is 12.0. The summed E-state index contributed by atoms with van der Waals surface area (Å²) in [5.74, 6) is 0.0244. The van der Waals surface area contributed by atoms with E-state index in [1.807, 2.05) is 20.8 Å². The van der Waals surface area contributed by atoms with E-state index in [1.165, 1.54) is 12.1 Å². The Bertz CT molecular complexity index is 583. The molecule has 0 spiro atoms. The van der Waals surface area contributed by atoms with Gasteiger partial charge in [0, 0.05) is 23.2 Å². The highest BCUT2D eigenvalue weighted by Crippen LogP contribution is 2.35. The Morgan fingerprint density at radius 3 is 2.26 bits per heavy atom. The summed E-state index contributed by atoms with van der Waals surface area (Å²) in [6.07, 6.45) is -4.45. The lowest BCUT2D eigenvalue weighted by Gasteiger charge is -2.23. The molecule has 0 radical (unpaired) electrons. The van der Waals surface area contributed by atoms with Gasteiger partial charge in [0.25, 0.3) is 0 Å². The number of hydrogen-bond acceptors (Lipinski definition) is 2. The highest BCUT2D eigenvalue weighted by Gasteiger charge is 2.34. The zero-order valence-electron chi connectivity index (χ0n) is 14.1. The summed E-state index contributed by atoms with van der Waals surface area (Å²) in [6.45, 7) is 15.9. The molecular weight excluding hydrogens is 303 g/mol. The first kappa shape index (κ1) is 19.1. The molecule has 0 saturated carbocycles. The predicted molar refractivity (Wildman–Crippen MR) is 87.5 cm³/mol. The highest BCUT2D eigenvalue weighted by molar-refractivity contribution is 5.62. The maximum absolute atomic E-state index is 13.1. The Morgan fingerprint density at radius 2 is 1.78 bits per heavy atom. The zero-order chi connectivity index (χ0) is 17.8. The Kier molecular flexibility index (Phi) is 5.92. The first-order chi connectivity index (χ1) is 10.5. The number of hydrogen-bond donors (Lipinski definition) is 1. The molecule has 0 fully saturated rings. The minimum Gasteiger partial charge on any atom is -0.494 e. The van der Waals surface area contributed by atoms with Crippen LogP contribution in [0.1, 0.15) is 44.4 Å². The van der Waals surface area contributed by atoms with Crippen molar-refractivity contribution in [2.24, 2.45) is 5.41 Å². The Hall–Kier alpha value is -1.91. The molecular formula is C18H24F3NO. The lowest BCUT2D eigenvalue weighted by Crippen LogP contribution is -2.23. The maximum Gasteiger partial charge on any atom is 0.417 e. The molecule has 0 aromatic heterocycles. The third-order valence-corrected chi connectivity index (χ3v) is 3.42. The third-order valence-electron chi connectivity index (χ3n) is 3.42. The van der Waals surface area contributed by atoms with Gasteiger partial charge in [-0.3, -0.25) is 0 Å². The number of alkyl halides is 3. The fourth-order valence-corrected chi connectivity index (χ4v) is 1.91. The Labute approximate surface area is 136 Å². The van der Waals surface area contributed by atoms with Crippen molar-refractivity contribution < 1.29 is 17.9 Å². The molecule has 0 heterocycles. The van der Waals surface area contributed by atoms with Crippen molar-refractivity contribution in [1.82, 2.24) is 5.32 Å². The fraction of sp³-hybridized carbons (Fsp3) is 0.444. The summed E-state index contributed by atoms with van der Waals surface area (Å²) in [5.41, 5.74) is 0.639. The van der Waals surface area contributed by atoms with Crippen molar-refractivity contribution in [2.75, 3.05) is 6.61 Å². The molecule has 5 heteroatoms. The van der Waals surface area contributed by atoms with E-state index in [0.717, 1.165) is 11.8 Å². The van der Waals surface area contributed by atoms with E-state index in [0.29, 0.717) is 12.1 Å². The number of ether oxygens (including phenoxy) is 1. The molecule has 1 rings (SSSR count). The second-order valence-electron chi connectivity index (χ2n) is 6.32. The molecule has 0 aliphatic heterocycles. The van der Waals surface area contributed by atoms with Gasteiger partial charge in [0.2, 0.25) is 0 Å². The number of benzene rings is 1. The largest absolute Gasteiger partial charge is 0.494 e. The van der Waals surface area contributed by atoms with Crippen LogP contribution in [0.2, 0.25) is 0 Å². The van der Waals surface area contributed by atoms with E-state index in [2.05, 4.69) is 18.5 Å². The average Bonchev–Trinajstić information content (AvgIpc) is 2.42. The smallest absolute Gasteiger partial charge is 0.417 e. The maximum atomic E-state index is 13.1. The minimum absolute atomic E-state index is 0.0244. The van der Waals surface area contributed by atoms with Crippen LogP contribution in [0, 0.1) is 5.41 Å². The van der Waals surface area contributed by atoms with E-state index in [1.54, 1.807) is 6.92 Å². The highest BCUT2D eigenvalue weighted by atomic mass is 19.4. The van der Waals surface area contributed by atoms with Gasteiger partial charge in [-0.05, 0) is 24.6 Å². The SMILES string of the molecule is C=C(OCC)c1cc(CNC(=C)C(C)(C)C)ccc1C(F)(F)F. The topological polar surface area (TPSA) is 21.3 Å². The van der Waals surface area contributed by atoms with Crippen molar-refractivity contribution in [3.63, 3.8) is 0 Å². The first-order valence-corrected chi connectivity index (χ1v) is 7.42. The average molecular weight is 327 g/mol. The van der Waals surface area contributed by atoms with Crippen LogP contribution in [-0.4, -0.2) is 6.61 Å². The van der Waals surface area contributed by atoms with E-state index in [4.69, 9.17) is 4.74 Å². The van der Waals surface area contributed by atoms with Crippen LogP contribution >= 0.6 is 0 Å². The fourth-order valence-electron chi connectivity index (χ4n) is 1.91. The van der Waals surface area contributed by atoms with Gasteiger partial charge in [0.05, 0.1) is 12.2 Å². The van der Waals surface area contributed by atoms with Crippen molar-refractivity contribution in [2.45, 2.75) is 40.4 Å². The standard InChI is InChI=1S/C18H24F3NO/c1-7-23-12(2)15-10-14(8-9-16(15)18(19,20)21)11-22-13(3)17(4,5)6/h8-10,22H,2-3,7,11H2,1,4-6H3. The van der Waals surface area contributed by atoms with Crippen LogP contribution in [0.4, 0.5) is 13.2 Å². The molecule has 128 valence electrons. The van der Waals surface area contributed by atoms with Crippen molar-refractivity contribution in [3.8, 4) is 0 Å². The molecule has 1 aromatic rings. The molecule has 0 bridgehead atoms. The van der Waals surface area contributed by atoms with E-state index < -0.39 is 11.7 Å². The molecule has 0 amide bonds. The Balaban J connectivity index is 3.07. The number of rotatable bonds is 6. The van der Waals surface area contributed by atoms with Crippen molar-refractivity contribution in [1.29, 1.82) is 0 Å². The van der Waals surface area contributed by atoms with E-state index in [-0.39, 0.29) is 23.3 Å². The molecule has 1 aromatic carbocycles. The summed E-state index contributed by atoms with van der Waals surface area (Å²) in [6, 6.07) is 3.98. The van der Waals surface area contributed by atoms with Crippen molar-refractivity contribution >= 4 is 5.76 Å². The zero-order valence-corrected chi connectivity index (χ0v) is 14.1. The molecule has 0 atom stereocenters. The van der Waals surface area contributed by atoms with E-state index in [9.17, 15) is 13.2 Å². The second-order valence-corrected chi connectivity index (χ2v) is 6.32. The molecule has 1 N–H and O–H groups in total. The quantitative estimate of drug-likeness (QED) is 0.710.